The molecule has 0 atom stereocenters. The van der Waals surface area contributed by atoms with E-state index in [9.17, 15) is 14.4 Å². The Bertz CT molecular complexity index is 971. The van der Waals surface area contributed by atoms with E-state index in [-0.39, 0.29) is 10.2 Å². The molecule has 0 radical (unpaired) electrons. The van der Waals surface area contributed by atoms with E-state index < -0.39 is 5.97 Å². The first-order chi connectivity index (χ1) is 13.8. The second kappa shape index (κ2) is 10.6. The van der Waals surface area contributed by atoms with Crippen molar-refractivity contribution < 1.29 is 19.1 Å². The summed E-state index contributed by atoms with van der Waals surface area (Å²) < 4.78 is 5.32. The fourth-order valence-electron chi connectivity index (χ4n) is 2.12. The minimum Gasteiger partial charge on any atom is -0.423 e. The number of ether oxygens (including phenoxy) is 1. The molecule has 29 heavy (non-hydrogen) atoms. The van der Waals surface area contributed by atoms with E-state index in [1.807, 2.05) is 24.3 Å². The SMILES string of the molecule is C=CC(=O)Sc1ccc(/C(C)=C/C(=O)Oc2ccc(SC(=O)C(=C)C)cc2)cc1. The van der Waals surface area contributed by atoms with Crippen LogP contribution in [0, 0.1) is 0 Å². The van der Waals surface area contributed by atoms with E-state index in [0.717, 1.165) is 44.5 Å². The fraction of sp³-hybridized carbons (Fsp3) is 0.0870. The molecule has 0 aliphatic carbocycles. The Hall–Kier alpha value is -2.83. The zero-order valence-electron chi connectivity index (χ0n) is 16.1. The molecule has 0 aliphatic heterocycles. The Morgan fingerprint density at radius 1 is 0.897 bits per heavy atom. The lowest BCUT2D eigenvalue weighted by atomic mass is 10.1. The Morgan fingerprint density at radius 2 is 1.45 bits per heavy atom. The van der Waals surface area contributed by atoms with Gasteiger partial charge in [-0.1, -0.05) is 25.3 Å². The third-order valence-corrected chi connectivity index (χ3v) is 5.55. The van der Waals surface area contributed by atoms with Gasteiger partial charge in [-0.05, 0) is 96.6 Å². The third kappa shape index (κ3) is 7.25. The van der Waals surface area contributed by atoms with Crippen LogP contribution in [-0.4, -0.2) is 16.2 Å². The number of allylic oxidation sites excluding steroid dienone is 1. The van der Waals surface area contributed by atoms with Gasteiger partial charge in [0.15, 0.2) is 0 Å². The first-order valence-corrected chi connectivity index (χ1v) is 10.2. The van der Waals surface area contributed by atoms with Gasteiger partial charge in [-0.2, -0.15) is 0 Å². The molecule has 148 valence electrons. The highest BCUT2D eigenvalue weighted by Crippen LogP contribution is 2.25. The van der Waals surface area contributed by atoms with Crippen LogP contribution in [0.2, 0.25) is 0 Å². The maximum Gasteiger partial charge on any atom is 0.336 e. The molecule has 0 N–H and O–H groups in total. The lowest BCUT2D eigenvalue weighted by molar-refractivity contribution is -0.129. The number of hydrogen-bond donors (Lipinski definition) is 0. The van der Waals surface area contributed by atoms with E-state index >= 15 is 0 Å². The molecule has 0 bridgehead atoms. The van der Waals surface area contributed by atoms with Gasteiger partial charge in [0.05, 0.1) is 0 Å². The quantitative estimate of drug-likeness (QED) is 0.246. The van der Waals surface area contributed by atoms with Crippen LogP contribution in [0.25, 0.3) is 5.57 Å². The van der Waals surface area contributed by atoms with Crippen LogP contribution in [0.1, 0.15) is 19.4 Å². The van der Waals surface area contributed by atoms with E-state index in [1.54, 1.807) is 38.1 Å². The number of thioether (sulfide) groups is 2. The van der Waals surface area contributed by atoms with Gasteiger partial charge < -0.3 is 4.74 Å². The Kier molecular flexibility index (Phi) is 8.24. The number of carbonyl (C=O) groups is 3. The molecule has 0 amide bonds. The average molecular weight is 425 g/mol. The molecule has 0 aliphatic rings. The first-order valence-electron chi connectivity index (χ1n) is 8.61. The molecule has 0 spiro atoms. The Balaban J connectivity index is 1.98. The summed E-state index contributed by atoms with van der Waals surface area (Å²) in [5.41, 5.74) is 2.06. The summed E-state index contributed by atoms with van der Waals surface area (Å²) in [5, 5.41) is -0.228. The summed E-state index contributed by atoms with van der Waals surface area (Å²) in [4.78, 5) is 36.8. The predicted molar refractivity (Wildman–Crippen MR) is 119 cm³/mol. The van der Waals surface area contributed by atoms with Crippen molar-refractivity contribution in [2.24, 2.45) is 0 Å². The average Bonchev–Trinajstić information content (AvgIpc) is 2.69. The smallest absolute Gasteiger partial charge is 0.336 e. The number of hydrogen-bond acceptors (Lipinski definition) is 6. The van der Waals surface area contributed by atoms with Crippen molar-refractivity contribution in [3.63, 3.8) is 0 Å². The summed E-state index contributed by atoms with van der Waals surface area (Å²) >= 11 is 2.16. The Morgan fingerprint density at radius 3 is 2.00 bits per heavy atom. The van der Waals surface area contributed by atoms with Crippen molar-refractivity contribution in [2.45, 2.75) is 23.6 Å². The molecule has 0 heterocycles. The maximum atomic E-state index is 12.2. The fourth-order valence-corrected chi connectivity index (χ4v) is 3.37. The topological polar surface area (TPSA) is 60.4 Å². The van der Waals surface area contributed by atoms with Gasteiger partial charge in [0.2, 0.25) is 10.2 Å². The molecule has 4 nitrogen and oxygen atoms in total. The second-order valence-corrected chi connectivity index (χ2v) is 8.16. The molecule has 2 aromatic rings. The highest BCUT2D eigenvalue weighted by Gasteiger charge is 2.08. The van der Waals surface area contributed by atoms with Gasteiger partial charge in [0.1, 0.15) is 5.75 Å². The van der Waals surface area contributed by atoms with Crippen LogP contribution in [0.4, 0.5) is 0 Å². The van der Waals surface area contributed by atoms with E-state index in [4.69, 9.17) is 4.74 Å². The van der Waals surface area contributed by atoms with Gasteiger partial charge in [-0.25, -0.2) is 4.79 Å². The summed E-state index contributed by atoms with van der Waals surface area (Å²) in [5.74, 6) is -0.109. The van der Waals surface area contributed by atoms with Gasteiger partial charge in [0, 0.05) is 15.9 Å². The molecular formula is C23H20O4S2. The molecule has 0 aromatic heterocycles. The lowest BCUT2D eigenvalue weighted by Gasteiger charge is -2.06. The second-order valence-electron chi connectivity index (χ2n) is 6.04. The van der Waals surface area contributed by atoms with Crippen LogP contribution in [0.15, 0.2) is 89.2 Å². The highest BCUT2D eigenvalue weighted by molar-refractivity contribution is 8.14. The van der Waals surface area contributed by atoms with Crippen LogP contribution >= 0.6 is 23.5 Å². The summed E-state index contributed by atoms with van der Waals surface area (Å²) in [6, 6.07) is 14.0. The van der Waals surface area contributed by atoms with Crippen LogP contribution in [-0.2, 0) is 14.4 Å². The van der Waals surface area contributed by atoms with E-state index in [1.165, 1.54) is 12.2 Å². The van der Waals surface area contributed by atoms with E-state index in [0.29, 0.717) is 11.3 Å². The number of esters is 1. The molecule has 0 saturated carbocycles. The maximum absolute atomic E-state index is 12.2. The van der Waals surface area contributed by atoms with Crippen molar-refractivity contribution in [1.29, 1.82) is 0 Å². The van der Waals surface area contributed by atoms with Crippen LogP contribution in [0.3, 0.4) is 0 Å². The summed E-state index contributed by atoms with van der Waals surface area (Å²) in [6.07, 6.45) is 2.67. The molecule has 2 rings (SSSR count). The summed E-state index contributed by atoms with van der Waals surface area (Å²) in [6.45, 7) is 10.5. The van der Waals surface area contributed by atoms with Crippen molar-refractivity contribution in [1.82, 2.24) is 0 Å². The molecule has 0 unspecified atom stereocenters. The minimum absolute atomic E-state index is 0.105. The summed E-state index contributed by atoms with van der Waals surface area (Å²) in [7, 11) is 0. The normalized spacial score (nSPS) is 10.9. The van der Waals surface area contributed by atoms with Gasteiger partial charge in [-0.15, -0.1) is 0 Å². The molecule has 6 heteroatoms. The third-order valence-electron chi connectivity index (χ3n) is 3.63. The number of benzene rings is 2. The van der Waals surface area contributed by atoms with Crippen molar-refractivity contribution in [3.8, 4) is 5.75 Å². The van der Waals surface area contributed by atoms with Crippen molar-refractivity contribution >= 4 is 45.3 Å². The number of carbonyl (C=O) groups excluding carboxylic acids is 3. The number of rotatable bonds is 7. The molecule has 2 aromatic carbocycles. The first kappa shape index (κ1) is 22.5. The van der Waals surface area contributed by atoms with Crippen LogP contribution < -0.4 is 4.74 Å². The zero-order valence-corrected chi connectivity index (χ0v) is 17.8. The minimum atomic E-state index is -0.499. The molecule has 0 saturated heterocycles. The monoisotopic (exact) mass is 424 g/mol. The lowest BCUT2D eigenvalue weighted by Crippen LogP contribution is -2.04. The van der Waals surface area contributed by atoms with Gasteiger partial charge in [-0.3, -0.25) is 9.59 Å². The van der Waals surface area contributed by atoms with Gasteiger partial charge >= 0.3 is 5.97 Å². The van der Waals surface area contributed by atoms with E-state index in [2.05, 4.69) is 13.2 Å². The largest absolute Gasteiger partial charge is 0.423 e. The highest BCUT2D eigenvalue weighted by atomic mass is 32.2. The zero-order chi connectivity index (χ0) is 21.4. The van der Waals surface area contributed by atoms with Gasteiger partial charge in [0.25, 0.3) is 0 Å². The standard InChI is InChI=1S/C23H20O4S2/c1-5-22(25)28-19-10-6-17(7-11-19)16(4)14-21(24)27-18-8-12-20(13-9-18)29-23(26)15(2)3/h5-14H,1-2H2,3-4H3/b16-14+. The van der Waals surface area contributed by atoms with Crippen LogP contribution in [0.5, 0.6) is 5.75 Å². The molecule has 0 fully saturated rings. The Labute approximate surface area is 178 Å². The van der Waals surface area contributed by atoms with Crippen molar-refractivity contribution in [2.75, 3.05) is 0 Å². The molecular weight excluding hydrogens is 404 g/mol. The van der Waals surface area contributed by atoms with Crippen molar-refractivity contribution in [3.05, 3.63) is 85.0 Å². The predicted octanol–water partition coefficient (Wildman–Crippen LogP) is 5.70.